The van der Waals surface area contributed by atoms with Crippen molar-refractivity contribution in [3.8, 4) is 0 Å². The van der Waals surface area contributed by atoms with Crippen LogP contribution in [-0.4, -0.2) is 48.3 Å². The predicted octanol–water partition coefficient (Wildman–Crippen LogP) is 4.16. The summed E-state index contributed by atoms with van der Waals surface area (Å²) in [6, 6.07) is 3.16. The molecule has 7 heteroatoms. The number of nitrogens with zero attached hydrogens (tertiary/aromatic N) is 3. The van der Waals surface area contributed by atoms with Crippen molar-refractivity contribution in [2.75, 3.05) is 11.9 Å². The number of hydrogen-bond acceptors (Lipinski definition) is 6. The van der Waals surface area contributed by atoms with Gasteiger partial charge in [-0.3, -0.25) is 0 Å². The molecule has 2 fully saturated rings. The topological polar surface area (TPSA) is 103 Å². The van der Waals surface area contributed by atoms with Gasteiger partial charge in [-0.1, -0.05) is 26.7 Å². The molecule has 0 bridgehead atoms. The van der Waals surface area contributed by atoms with E-state index in [0.29, 0.717) is 24.6 Å². The van der Waals surface area contributed by atoms with E-state index in [1.165, 1.54) is 39.5 Å². The average Bonchev–Trinajstić information content (AvgIpc) is 3.42. The van der Waals surface area contributed by atoms with E-state index in [2.05, 4.69) is 27.1 Å². The van der Waals surface area contributed by atoms with Gasteiger partial charge in [0.25, 0.3) is 0 Å². The molecule has 30 heavy (non-hydrogen) atoms. The van der Waals surface area contributed by atoms with Crippen molar-refractivity contribution in [1.29, 1.82) is 0 Å². The molecule has 0 amide bonds. The minimum absolute atomic E-state index is 0.304. The molecule has 2 aliphatic carbocycles. The largest absolute Gasteiger partial charge is 0.396 e. The Labute approximate surface area is 180 Å². The molecule has 2 aromatic rings. The molecule has 2 aromatic heterocycles. The van der Waals surface area contributed by atoms with E-state index in [1.807, 2.05) is 20.8 Å². The van der Waals surface area contributed by atoms with Crippen LogP contribution in [0.25, 0.3) is 11.0 Å². The normalized spacial score (nSPS) is 21.7. The smallest absolute Gasteiger partial charge is 0.156 e. The van der Waals surface area contributed by atoms with Gasteiger partial charge in [0.1, 0.15) is 17.3 Å². The summed E-state index contributed by atoms with van der Waals surface area (Å²) in [7, 11) is 0. The molecule has 170 valence electrons. The van der Waals surface area contributed by atoms with Gasteiger partial charge in [0.2, 0.25) is 0 Å². The maximum absolute atomic E-state index is 9.40. The molecule has 2 atom stereocenters. The van der Waals surface area contributed by atoms with Crippen LogP contribution >= 0.6 is 0 Å². The van der Waals surface area contributed by atoms with Crippen LogP contribution in [0.4, 0.5) is 5.82 Å². The van der Waals surface area contributed by atoms with Crippen LogP contribution in [0.3, 0.4) is 0 Å². The highest BCUT2D eigenvalue weighted by molar-refractivity contribution is 5.87. The van der Waals surface area contributed by atoms with Gasteiger partial charge in [-0.05, 0) is 64.9 Å². The quantitative estimate of drug-likeness (QED) is 0.554. The lowest BCUT2D eigenvalue weighted by Gasteiger charge is -2.16. The van der Waals surface area contributed by atoms with Crippen molar-refractivity contribution in [3.05, 3.63) is 18.1 Å². The second-order valence-corrected chi connectivity index (χ2v) is 8.72. The number of fused-ring (bicyclic) bond motifs is 1. The number of aromatic nitrogens is 3. The highest BCUT2D eigenvalue weighted by atomic mass is 16.5. The van der Waals surface area contributed by atoms with Crippen molar-refractivity contribution in [2.24, 2.45) is 5.92 Å². The van der Waals surface area contributed by atoms with E-state index in [1.54, 1.807) is 0 Å². The van der Waals surface area contributed by atoms with Crippen LogP contribution in [0.2, 0.25) is 0 Å². The van der Waals surface area contributed by atoms with Crippen LogP contribution in [0.1, 0.15) is 84.5 Å². The molecule has 0 aliphatic heterocycles. The van der Waals surface area contributed by atoms with Crippen molar-refractivity contribution in [1.82, 2.24) is 14.5 Å². The molecule has 0 aromatic carbocycles. The first-order chi connectivity index (χ1) is 14.2. The van der Waals surface area contributed by atoms with Crippen LogP contribution in [0.15, 0.2) is 12.3 Å². The van der Waals surface area contributed by atoms with Crippen LogP contribution in [-0.2, 0) is 0 Å². The number of rotatable bonds is 4. The van der Waals surface area contributed by atoms with Crippen molar-refractivity contribution < 1.29 is 15.3 Å². The fourth-order valence-electron chi connectivity index (χ4n) is 4.28. The number of hydrogen-bond donors (Lipinski definition) is 4. The van der Waals surface area contributed by atoms with Gasteiger partial charge < -0.3 is 25.2 Å². The summed E-state index contributed by atoms with van der Waals surface area (Å²) in [6.07, 6.45) is 10.6. The summed E-state index contributed by atoms with van der Waals surface area (Å²) >= 11 is 0. The maximum atomic E-state index is 9.40. The third kappa shape index (κ3) is 6.93. The van der Waals surface area contributed by atoms with Gasteiger partial charge in [-0.25, -0.2) is 9.97 Å². The Morgan fingerprint density at radius 1 is 1.10 bits per heavy atom. The van der Waals surface area contributed by atoms with E-state index < -0.39 is 5.79 Å². The molecular formula is C23H40N4O3. The lowest BCUT2D eigenvalue weighted by molar-refractivity contribution is -0.127. The molecule has 0 spiro atoms. The van der Waals surface area contributed by atoms with E-state index >= 15 is 0 Å². The number of aryl methyl sites for hydroxylation is 1. The van der Waals surface area contributed by atoms with Gasteiger partial charge in [-0.2, -0.15) is 0 Å². The number of anilines is 1. The zero-order valence-electron chi connectivity index (χ0n) is 19.2. The first kappa shape index (κ1) is 24.6. The Bertz CT molecular complexity index is 773. The predicted molar refractivity (Wildman–Crippen MR) is 121 cm³/mol. The summed E-state index contributed by atoms with van der Waals surface area (Å²) in [6.45, 7) is 8.87. The summed E-state index contributed by atoms with van der Waals surface area (Å²) in [5, 5.41) is 30.3. The van der Waals surface area contributed by atoms with Gasteiger partial charge in [0.05, 0.1) is 5.39 Å². The van der Waals surface area contributed by atoms with E-state index in [4.69, 9.17) is 15.2 Å². The monoisotopic (exact) mass is 420 g/mol. The van der Waals surface area contributed by atoms with Crippen LogP contribution in [0, 0.1) is 12.8 Å². The standard InChI is InChI=1S/C18H26N4O.C3H8O2.C2H6/c1-12-19-17(21-14-4-2-3-5-14)16-8-9-22(18(16)20-12)15-7-6-13(10-15)11-23;1-3(2,4)5;1-2/h8-9,13-15,23H,2-7,10-11H2,1H3,(H,19,20,21);4-5H,1-2H3;1-2H3. The zero-order chi connectivity index (χ0) is 22.3. The Kier molecular flexibility index (Phi) is 9.07. The van der Waals surface area contributed by atoms with Gasteiger partial charge in [0.15, 0.2) is 5.79 Å². The minimum atomic E-state index is -1.50. The fourth-order valence-corrected chi connectivity index (χ4v) is 4.28. The van der Waals surface area contributed by atoms with E-state index in [9.17, 15) is 5.11 Å². The first-order valence-electron chi connectivity index (χ1n) is 11.4. The number of aliphatic hydroxyl groups is 3. The van der Waals surface area contributed by atoms with Crippen molar-refractivity contribution in [2.45, 2.75) is 97.4 Å². The van der Waals surface area contributed by atoms with E-state index in [0.717, 1.165) is 41.9 Å². The van der Waals surface area contributed by atoms with E-state index in [-0.39, 0.29) is 0 Å². The molecule has 0 saturated heterocycles. The third-order valence-electron chi connectivity index (χ3n) is 5.54. The molecule has 2 saturated carbocycles. The van der Waals surface area contributed by atoms with Gasteiger partial charge in [0, 0.05) is 24.9 Å². The second kappa shape index (κ2) is 11.1. The highest BCUT2D eigenvalue weighted by Gasteiger charge is 2.27. The highest BCUT2D eigenvalue weighted by Crippen LogP contribution is 2.37. The molecule has 4 N–H and O–H groups in total. The molecular weight excluding hydrogens is 380 g/mol. The maximum Gasteiger partial charge on any atom is 0.156 e. The lowest BCUT2D eigenvalue weighted by atomic mass is 10.1. The molecule has 4 rings (SSSR count). The average molecular weight is 421 g/mol. The zero-order valence-corrected chi connectivity index (χ0v) is 19.2. The first-order valence-corrected chi connectivity index (χ1v) is 11.4. The summed E-state index contributed by atoms with van der Waals surface area (Å²) in [5.41, 5.74) is 1.04. The summed E-state index contributed by atoms with van der Waals surface area (Å²) in [5.74, 6) is 0.765. The minimum Gasteiger partial charge on any atom is -0.396 e. The van der Waals surface area contributed by atoms with Crippen LogP contribution in [0.5, 0.6) is 0 Å². The van der Waals surface area contributed by atoms with Crippen LogP contribution < -0.4 is 5.32 Å². The molecule has 2 heterocycles. The van der Waals surface area contributed by atoms with Crippen molar-refractivity contribution >= 4 is 16.9 Å². The molecule has 2 unspecified atom stereocenters. The second-order valence-electron chi connectivity index (χ2n) is 8.72. The Morgan fingerprint density at radius 2 is 1.73 bits per heavy atom. The lowest BCUT2D eigenvalue weighted by Crippen LogP contribution is -2.16. The number of nitrogens with one attached hydrogen (secondary N) is 1. The summed E-state index contributed by atoms with van der Waals surface area (Å²) in [4.78, 5) is 9.38. The Balaban J connectivity index is 0.000000404. The van der Waals surface area contributed by atoms with Crippen molar-refractivity contribution in [3.63, 3.8) is 0 Å². The fraction of sp³-hybridized carbons (Fsp3) is 0.739. The number of aliphatic hydroxyl groups excluding tert-OH is 1. The molecule has 7 nitrogen and oxygen atoms in total. The Morgan fingerprint density at radius 3 is 2.30 bits per heavy atom. The third-order valence-corrected chi connectivity index (χ3v) is 5.54. The molecule has 2 aliphatic rings. The molecule has 0 radical (unpaired) electrons. The van der Waals surface area contributed by atoms with Gasteiger partial charge >= 0.3 is 0 Å². The summed E-state index contributed by atoms with van der Waals surface area (Å²) < 4.78 is 2.31. The van der Waals surface area contributed by atoms with Gasteiger partial charge in [-0.15, -0.1) is 0 Å². The Hall–Kier alpha value is -1.70. The SMILES string of the molecule is CC.CC(C)(O)O.Cc1nc(NC2CCCC2)c2ccn(C3CCC(CO)C3)c2n1.